The van der Waals surface area contributed by atoms with Crippen molar-refractivity contribution in [2.45, 2.75) is 25.3 Å². The van der Waals surface area contributed by atoms with Gasteiger partial charge < -0.3 is 10.5 Å². The molecule has 5 nitrogen and oxygen atoms in total. The Hall–Kier alpha value is -1.49. The summed E-state index contributed by atoms with van der Waals surface area (Å²) in [6, 6.07) is 1.00. The highest BCUT2D eigenvalue weighted by molar-refractivity contribution is 5.77. The number of rotatable bonds is 3. The number of nitrogens with zero attached hydrogens (tertiary/aromatic N) is 2. The van der Waals surface area contributed by atoms with Crippen LogP contribution >= 0.6 is 0 Å². The maximum atomic E-state index is 11.3. The van der Waals surface area contributed by atoms with Gasteiger partial charge in [0.25, 0.3) is 0 Å². The fraction of sp³-hybridized carbons (Fsp3) is 0.500. The highest BCUT2D eigenvalue weighted by Crippen LogP contribution is 2.24. The van der Waals surface area contributed by atoms with Crippen LogP contribution in [0.3, 0.4) is 0 Å². The average molecular weight is 209 g/mol. The molecule has 0 spiro atoms. The van der Waals surface area contributed by atoms with Crippen molar-refractivity contribution in [3.63, 3.8) is 0 Å². The van der Waals surface area contributed by atoms with Gasteiger partial charge in [0.2, 0.25) is 0 Å². The number of ether oxygens (including phenoxy) is 1. The lowest BCUT2D eigenvalue weighted by Gasteiger charge is -2.28. The van der Waals surface area contributed by atoms with Crippen LogP contribution in [0.25, 0.3) is 0 Å². The number of hydrogen-bond acceptors (Lipinski definition) is 5. The highest BCUT2D eigenvalue weighted by atomic mass is 16.5. The van der Waals surface area contributed by atoms with Crippen molar-refractivity contribution in [2.75, 3.05) is 7.11 Å². The van der Waals surface area contributed by atoms with Crippen LogP contribution in [0.1, 0.15) is 19.5 Å². The van der Waals surface area contributed by atoms with Crippen LogP contribution in [0, 0.1) is 0 Å². The van der Waals surface area contributed by atoms with Crippen LogP contribution in [0.5, 0.6) is 0 Å². The molecule has 1 heterocycles. The van der Waals surface area contributed by atoms with Gasteiger partial charge in [-0.2, -0.15) is 0 Å². The third kappa shape index (κ3) is 2.30. The fourth-order valence-corrected chi connectivity index (χ4v) is 1.25. The molecule has 1 aromatic heterocycles. The SMILES string of the molecule is COC(=O)C(N)C(C)(C)c1ccncn1. The lowest BCUT2D eigenvalue weighted by Crippen LogP contribution is -2.47. The van der Waals surface area contributed by atoms with E-state index in [4.69, 9.17) is 5.73 Å². The number of nitrogens with two attached hydrogens (primary N) is 1. The molecule has 0 saturated carbocycles. The van der Waals surface area contributed by atoms with Gasteiger partial charge in [-0.3, -0.25) is 4.79 Å². The van der Waals surface area contributed by atoms with E-state index >= 15 is 0 Å². The summed E-state index contributed by atoms with van der Waals surface area (Å²) in [5, 5.41) is 0. The van der Waals surface area contributed by atoms with Crippen molar-refractivity contribution < 1.29 is 9.53 Å². The highest BCUT2D eigenvalue weighted by Gasteiger charge is 2.35. The van der Waals surface area contributed by atoms with Gasteiger partial charge in [-0.15, -0.1) is 0 Å². The molecule has 0 saturated heterocycles. The van der Waals surface area contributed by atoms with Gasteiger partial charge in [0.05, 0.1) is 12.8 Å². The Bertz CT molecular complexity index is 338. The average Bonchev–Trinajstić information content (AvgIpc) is 2.28. The Morgan fingerprint density at radius 1 is 1.60 bits per heavy atom. The smallest absolute Gasteiger partial charge is 0.323 e. The fourth-order valence-electron chi connectivity index (χ4n) is 1.25. The van der Waals surface area contributed by atoms with Crippen LogP contribution in [0.4, 0.5) is 0 Å². The van der Waals surface area contributed by atoms with Gasteiger partial charge in [0.15, 0.2) is 0 Å². The van der Waals surface area contributed by atoms with E-state index in [0.717, 1.165) is 5.69 Å². The van der Waals surface area contributed by atoms with Gasteiger partial charge in [-0.05, 0) is 6.07 Å². The van der Waals surface area contributed by atoms with Gasteiger partial charge in [0.1, 0.15) is 12.4 Å². The van der Waals surface area contributed by atoms with Crippen LogP contribution in [-0.4, -0.2) is 29.1 Å². The Morgan fingerprint density at radius 3 is 2.73 bits per heavy atom. The second kappa shape index (κ2) is 4.35. The molecule has 82 valence electrons. The second-order valence-corrected chi connectivity index (χ2v) is 3.82. The molecule has 0 aliphatic carbocycles. The van der Waals surface area contributed by atoms with Gasteiger partial charge in [-0.1, -0.05) is 13.8 Å². The standard InChI is InChI=1S/C10H15N3O2/c1-10(2,8(11)9(14)15-3)7-4-5-12-6-13-7/h4-6,8H,11H2,1-3H3. The first-order chi connectivity index (χ1) is 7.00. The number of carbonyl (C=O) groups excluding carboxylic acids is 1. The van der Waals surface area contributed by atoms with E-state index in [9.17, 15) is 4.79 Å². The Morgan fingerprint density at radius 2 is 2.27 bits per heavy atom. The zero-order chi connectivity index (χ0) is 11.5. The summed E-state index contributed by atoms with van der Waals surface area (Å²) >= 11 is 0. The summed E-state index contributed by atoms with van der Waals surface area (Å²) < 4.78 is 4.61. The number of hydrogen-bond donors (Lipinski definition) is 1. The third-order valence-corrected chi connectivity index (χ3v) is 2.47. The molecule has 5 heteroatoms. The van der Waals surface area contributed by atoms with Crippen molar-refractivity contribution in [1.82, 2.24) is 9.97 Å². The minimum atomic E-state index is -0.739. The summed E-state index contributed by atoms with van der Waals surface area (Å²) in [6.07, 6.45) is 3.05. The van der Waals surface area contributed by atoms with Crippen LogP contribution < -0.4 is 5.73 Å². The zero-order valence-corrected chi connectivity index (χ0v) is 9.10. The number of esters is 1. The molecule has 0 aromatic carbocycles. The van der Waals surface area contributed by atoms with Crippen molar-refractivity contribution in [2.24, 2.45) is 5.73 Å². The van der Waals surface area contributed by atoms with Crippen LogP contribution in [0.2, 0.25) is 0 Å². The molecule has 15 heavy (non-hydrogen) atoms. The van der Waals surface area contributed by atoms with Gasteiger partial charge in [-0.25, -0.2) is 9.97 Å². The van der Waals surface area contributed by atoms with Gasteiger partial charge >= 0.3 is 5.97 Å². The number of aromatic nitrogens is 2. The summed E-state index contributed by atoms with van der Waals surface area (Å²) in [6.45, 7) is 3.69. The molecule has 0 amide bonds. The van der Waals surface area contributed by atoms with E-state index in [1.807, 2.05) is 13.8 Å². The molecule has 1 unspecified atom stereocenters. The zero-order valence-electron chi connectivity index (χ0n) is 9.10. The number of carbonyl (C=O) groups is 1. The van der Waals surface area contributed by atoms with E-state index in [0.29, 0.717) is 0 Å². The van der Waals surface area contributed by atoms with Crippen molar-refractivity contribution in [3.05, 3.63) is 24.3 Å². The normalized spacial score (nSPS) is 13.3. The third-order valence-electron chi connectivity index (χ3n) is 2.47. The molecule has 2 N–H and O–H groups in total. The predicted octanol–water partition coefficient (Wildman–Crippen LogP) is 0.254. The minimum Gasteiger partial charge on any atom is -0.468 e. The summed E-state index contributed by atoms with van der Waals surface area (Å²) in [4.78, 5) is 19.2. The summed E-state index contributed by atoms with van der Waals surface area (Å²) in [5.74, 6) is -0.446. The van der Waals surface area contributed by atoms with E-state index in [2.05, 4.69) is 14.7 Å². The Labute approximate surface area is 88.7 Å². The van der Waals surface area contributed by atoms with Gasteiger partial charge in [0, 0.05) is 11.6 Å². The quantitative estimate of drug-likeness (QED) is 0.722. The van der Waals surface area contributed by atoms with E-state index in [-0.39, 0.29) is 0 Å². The van der Waals surface area contributed by atoms with E-state index in [1.165, 1.54) is 13.4 Å². The van der Waals surface area contributed by atoms with Crippen LogP contribution in [0.15, 0.2) is 18.6 Å². The monoisotopic (exact) mass is 209 g/mol. The summed E-state index contributed by atoms with van der Waals surface area (Å²) in [5.41, 5.74) is 5.95. The molecule has 1 rings (SSSR count). The number of methoxy groups -OCH3 is 1. The Balaban J connectivity index is 2.97. The Kier molecular flexibility index (Phi) is 3.36. The first-order valence-electron chi connectivity index (χ1n) is 4.60. The van der Waals surface area contributed by atoms with Crippen molar-refractivity contribution in [1.29, 1.82) is 0 Å². The second-order valence-electron chi connectivity index (χ2n) is 3.82. The lowest BCUT2D eigenvalue weighted by molar-refractivity contribution is -0.143. The predicted molar refractivity (Wildman–Crippen MR) is 55.0 cm³/mol. The summed E-state index contributed by atoms with van der Waals surface area (Å²) in [7, 11) is 1.32. The van der Waals surface area contributed by atoms with Crippen LogP contribution in [-0.2, 0) is 14.9 Å². The first-order valence-corrected chi connectivity index (χ1v) is 4.60. The molecule has 0 fully saturated rings. The molecule has 0 bridgehead atoms. The largest absolute Gasteiger partial charge is 0.468 e. The maximum Gasteiger partial charge on any atom is 0.323 e. The molecular formula is C10H15N3O2. The van der Waals surface area contributed by atoms with E-state index < -0.39 is 17.4 Å². The molecule has 1 atom stereocenters. The van der Waals surface area contributed by atoms with E-state index in [1.54, 1.807) is 12.3 Å². The molecule has 0 aliphatic rings. The van der Waals surface area contributed by atoms with Crippen molar-refractivity contribution in [3.8, 4) is 0 Å². The molecular weight excluding hydrogens is 194 g/mol. The topological polar surface area (TPSA) is 78.1 Å². The lowest BCUT2D eigenvalue weighted by atomic mass is 9.81. The minimum absolute atomic E-state index is 0.446. The molecule has 1 aromatic rings. The first kappa shape index (κ1) is 11.6. The molecule has 0 aliphatic heterocycles. The van der Waals surface area contributed by atoms with Crippen molar-refractivity contribution >= 4 is 5.97 Å². The molecule has 0 radical (unpaired) electrons. The maximum absolute atomic E-state index is 11.3.